The number of hydrogen-bond acceptors (Lipinski definition) is 8. The van der Waals surface area contributed by atoms with Crippen LogP contribution < -0.4 is 9.64 Å². The van der Waals surface area contributed by atoms with Gasteiger partial charge in [-0.25, -0.2) is 14.2 Å². The lowest BCUT2D eigenvalue weighted by molar-refractivity contribution is -0.166. The number of aromatic nitrogens is 3. The van der Waals surface area contributed by atoms with Gasteiger partial charge in [-0.1, -0.05) is 36.9 Å². The van der Waals surface area contributed by atoms with Gasteiger partial charge in [-0.15, -0.1) is 6.58 Å². The molecule has 0 N–H and O–H groups in total. The molecule has 0 radical (unpaired) electrons. The summed E-state index contributed by atoms with van der Waals surface area (Å²) in [5.74, 6) is 0.290. The van der Waals surface area contributed by atoms with E-state index in [0.29, 0.717) is 48.0 Å². The molecular weight excluding hydrogens is 635 g/mol. The number of halogens is 1. The quantitative estimate of drug-likeness (QED) is 0.102. The maximum atomic E-state index is 14.3. The average molecular weight is 685 g/mol. The highest BCUT2D eigenvalue weighted by Crippen LogP contribution is 2.39. The molecule has 2 atom stereocenters. The molecule has 50 heavy (non-hydrogen) atoms. The van der Waals surface area contributed by atoms with Gasteiger partial charge in [-0.2, -0.15) is 9.61 Å². The number of nitrogens with zero attached hydrogens (tertiary/aromatic N) is 4. The summed E-state index contributed by atoms with van der Waals surface area (Å²) in [6.07, 6.45) is 3.62. The minimum Gasteiger partial charge on any atom is -0.486 e. The Kier molecular flexibility index (Phi) is 11.1. The number of carbonyl (C=O) groups is 1. The molecule has 2 unspecified atom stereocenters. The van der Waals surface area contributed by atoms with Crippen LogP contribution in [0.4, 0.5) is 10.2 Å². The van der Waals surface area contributed by atoms with Crippen LogP contribution in [-0.4, -0.2) is 64.2 Å². The first kappa shape index (κ1) is 36.7. The fourth-order valence-corrected chi connectivity index (χ4v) is 6.19. The van der Waals surface area contributed by atoms with E-state index in [1.807, 2.05) is 69.5 Å². The number of benzene rings is 2. The molecule has 0 spiro atoms. The van der Waals surface area contributed by atoms with Crippen molar-refractivity contribution >= 4 is 17.4 Å². The Labute approximate surface area is 294 Å². The van der Waals surface area contributed by atoms with E-state index in [9.17, 15) is 9.18 Å². The smallest absolute Gasteiger partial charge is 0.340 e. The molecule has 2 aromatic heterocycles. The van der Waals surface area contributed by atoms with E-state index in [1.165, 1.54) is 12.1 Å². The van der Waals surface area contributed by atoms with Crippen molar-refractivity contribution in [1.82, 2.24) is 14.6 Å². The van der Waals surface area contributed by atoms with Gasteiger partial charge in [0.05, 0.1) is 35.7 Å². The number of aryl methyl sites for hydroxylation is 1. The highest BCUT2D eigenvalue weighted by Gasteiger charge is 2.38. The van der Waals surface area contributed by atoms with Crippen molar-refractivity contribution in [3.8, 4) is 28.1 Å². The van der Waals surface area contributed by atoms with Gasteiger partial charge in [0.25, 0.3) is 0 Å². The fraction of sp³-hybridized carbons (Fsp3) is 0.425. The zero-order valence-electron chi connectivity index (χ0n) is 30.3. The molecular formula is C40H49FN4O5. The van der Waals surface area contributed by atoms with Gasteiger partial charge < -0.3 is 23.8 Å². The summed E-state index contributed by atoms with van der Waals surface area (Å²) in [5.41, 5.74) is 4.03. The molecule has 1 aliphatic heterocycles. The Morgan fingerprint density at radius 3 is 2.48 bits per heavy atom. The topological polar surface area (TPSA) is 87.4 Å². The number of piperidine rings is 1. The van der Waals surface area contributed by atoms with Gasteiger partial charge in [-0.3, -0.25) is 0 Å². The number of hydrogen-bond donors (Lipinski definition) is 0. The number of carbonyl (C=O) groups excluding carboxylic acids is 1. The maximum Gasteiger partial charge on any atom is 0.340 e. The summed E-state index contributed by atoms with van der Waals surface area (Å²) < 4.78 is 40.3. The lowest BCUT2D eigenvalue weighted by Crippen LogP contribution is -2.45. The lowest BCUT2D eigenvalue weighted by atomic mass is 9.92. The van der Waals surface area contributed by atoms with Crippen molar-refractivity contribution in [3.63, 3.8) is 0 Å². The van der Waals surface area contributed by atoms with Crippen molar-refractivity contribution in [2.45, 2.75) is 84.7 Å². The predicted molar refractivity (Wildman–Crippen MR) is 195 cm³/mol. The summed E-state index contributed by atoms with van der Waals surface area (Å²) >= 11 is 0. The highest BCUT2D eigenvalue weighted by molar-refractivity contribution is 5.81. The summed E-state index contributed by atoms with van der Waals surface area (Å²) in [4.78, 5) is 20.8. The van der Waals surface area contributed by atoms with E-state index >= 15 is 0 Å². The SMILES string of the molecule is C=CCOC1(C)CCN(c2c(C(OC(C)(C)C)C(=O)OCC)c(C)nc3cc(-c4cccc(-c5ccc(F)cc5OC(C)C=C)c4)nn23)CC1. The molecule has 5 rings (SSSR count). The molecule has 0 saturated carbocycles. The van der Waals surface area contributed by atoms with Crippen LogP contribution in [0.1, 0.15) is 71.7 Å². The van der Waals surface area contributed by atoms with Crippen LogP contribution >= 0.6 is 0 Å². The van der Waals surface area contributed by atoms with Crippen LogP contribution in [0.5, 0.6) is 5.75 Å². The van der Waals surface area contributed by atoms with E-state index in [-0.39, 0.29) is 24.1 Å². The first-order valence-electron chi connectivity index (χ1n) is 17.2. The minimum absolute atomic E-state index is 0.213. The highest BCUT2D eigenvalue weighted by atomic mass is 19.1. The minimum atomic E-state index is -1.03. The van der Waals surface area contributed by atoms with E-state index < -0.39 is 17.7 Å². The molecule has 10 heteroatoms. The molecule has 1 aliphatic rings. The standard InChI is InChI=1S/C40H49FN4O5/c1-10-22-48-40(9)18-20-44(21-19-40)37-35(36(38(46)47-12-3)50-39(6,7)8)27(5)42-34-25-32(43-45(34)37)29-15-13-14-28(23-29)31-17-16-30(41)24-33(31)49-26(4)11-2/h10-11,13-17,23-26,36H,1-2,12,18-22H2,3-9H3. The largest absolute Gasteiger partial charge is 0.486 e. The van der Waals surface area contributed by atoms with E-state index in [0.717, 1.165) is 35.3 Å². The van der Waals surface area contributed by atoms with Crippen LogP contribution in [0.25, 0.3) is 28.0 Å². The van der Waals surface area contributed by atoms with E-state index in [2.05, 4.69) is 25.0 Å². The third-order valence-corrected chi connectivity index (χ3v) is 8.77. The summed E-state index contributed by atoms with van der Waals surface area (Å²) in [6, 6.07) is 14.3. The second kappa shape index (κ2) is 15.1. The second-order valence-electron chi connectivity index (χ2n) is 13.9. The molecule has 0 amide bonds. The number of rotatable bonds is 13. The van der Waals surface area contributed by atoms with Crippen molar-refractivity contribution < 1.29 is 28.1 Å². The zero-order valence-corrected chi connectivity index (χ0v) is 30.3. The van der Waals surface area contributed by atoms with Gasteiger partial charge in [0, 0.05) is 42.0 Å². The number of fused-ring (bicyclic) bond motifs is 1. The average Bonchev–Trinajstić information content (AvgIpc) is 3.50. The third kappa shape index (κ3) is 8.25. The van der Waals surface area contributed by atoms with Crippen LogP contribution in [-0.2, 0) is 19.0 Å². The lowest BCUT2D eigenvalue weighted by Gasteiger charge is -2.41. The van der Waals surface area contributed by atoms with Crippen LogP contribution in [0.15, 0.2) is 73.8 Å². The summed E-state index contributed by atoms with van der Waals surface area (Å²) in [5, 5.41) is 5.12. The monoisotopic (exact) mass is 684 g/mol. The first-order chi connectivity index (χ1) is 23.8. The predicted octanol–water partition coefficient (Wildman–Crippen LogP) is 8.44. The van der Waals surface area contributed by atoms with Crippen LogP contribution in [0.3, 0.4) is 0 Å². The Morgan fingerprint density at radius 2 is 1.82 bits per heavy atom. The Morgan fingerprint density at radius 1 is 1.10 bits per heavy atom. The zero-order chi connectivity index (χ0) is 36.2. The van der Waals surface area contributed by atoms with Crippen LogP contribution in [0.2, 0.25) is 0 Å². The molecule has 0 bridgehead atoms. The molecule has 1 fully saturated rings. The number of anilines is 1. The normalized spacial score (nSPS) is 15.8. The van der Waals surface area contributed by atoms with Crippen molar-refractivity contribution in [2.75, 3.05) is 31.2 Å². The van der Waals surface area contributed by atoms with Gasteiger partial charge in [0.1, 0.15) is 23.5 Å². The van der Waals surface area contributed by atoms with Gasteiger partial charge in [0.15, 0.2) is 11.8 Å². The molecule has 2 aromatic carbocycles. The van der Waals surface area contributed by atoms with Gasteiger partial charge >= 0.3 is 5.97 Å². The van der Waals surface area contributed by atoms with Crippen LogP contribution in [0, 0.1) is 12.7 Å². The van der Waals surface area contributed by atoms with Gasteiger partial charge in [-0.05, 0) is 85.1 Å². The Hall–Kier alpha value is -4.54. The van der Waals surface area contributed by atoms with Crippen molar-refractivity contribution in [1.29, 1.82) is 0 Å². The Bertz CT molecular complexity index is 1850. The van der Waals surface area contributed by atoms with E-state index in [1.54, 1.807) is 25.1 Å². The van der Waals surface area contributed by atoms with E-state index in [4.69, 9.17) is 29.0 Å². The maximum absolute atomic E-state index is 14.3. The summed E-state index contributed by atoms with van der Waals surface area (Å²) in [6.45, 7) is 23.0. The molecule has 9 nitrogen and oxygen atoms in total. The molecule has 266 valence electrons. The number of ether oxygens (including phenoxy) is 4. The molecule has 3 heterocycles. The third-order valence-electron chi connectivity index (χ3n) is 8.77. The van der Waals surface area contributed by atoms with Gasteiger partial charge in [0.2, 0.25) is 0 Å². The van der Waals surface area contributed by atoms with Crippen molar-refractivity contribution in [2.24, 2.45) is 0 Å². The summed E-state index contributed by atoms with van der Waals surface area (Å²) in [7, 11) is 0. The first-order valence-corrected chi connectivity index (χ1v) is 17.2. The second-order valence-corrected chi connectivity index (χ2v) is 13.9. The molecule has 1 saturated heterocycles. The molecule has 4 aromatic rings. The molecule has 0 aliphatic carbocycles. The van der Waals surface area contributed by atoms with Crippen molar-refractivity contribution in [3.05, 3.63) is 90.9 Å². The number of esters is 1. The fourth-order valence-electron chi connectivity index (χ4n) is 6.19. The Balaban J connectivity index is 1.65.